The molecule has 9 aromatic rings. The van der Waals surface area contributed by atoms with Crippen molar-refractivity contribution in [1.29, 1.82) is 3.37 Å². The third-order valence-corrected chi connectivity index (χ3v) is 31.2. The Kier molecular flexibility index (Phi) is 40.9. The summed E-state index contributed by atoms with van der Waals surface area (Å²) in [5, 5.41) is -1.52. The lowest BCUT2D eigenvalue weighted by Crippen LogP contribution is -2.31. The molecule has 0 bridgehead atoms. The molecule has 798 valence electrons. The molecule has 6 aliphatic carbocycles. The SMILES string of the molecule is CC.CC.CC.O=C(NS(=O)(=O)c1ccccc1)c1nc(Br)n(C2CC2C(F)(F)F)c1Br.O=C(NS(=O)(=O)c1ccccc1)c1nc(Br)n(C2CC2C(F)(F)F)c1Cl.O=C(NS(=O)(=O)c1ccccc1)c1nc(Cl)n(C2CC2C(F)(F)F)c1Br.[2H]S(=O)(=O)NC(=O)c1nc(Br)n(C2CC2C(F)(F)F)c1Br.[2H]S(=O)(=O)NC(=O)c1nc(Br)n(C2CC2C(F)(F)F)c1Cl.[2H]S(=O)(=O)NC(=O)c1nc(Cl)n(C2CC2C(F)(F)F)c1Br. The van der Waals surface area contributed by atoms with Crippen molar-refractivity contribution in [3.8, 4) is 0 Å². The highest BCUT2D eigenvalue weighted by Crippen LogP contribution is 2.61. The highest BCUT2D eigenvalue weighted by Gasteiger charge is 2.63. The lowest BCUT2D eigenvalue weighted by Gasteiger charge is -2.08. The van der Waals surface area contributed by atoms with E-state index < -0.39 is 240 Å². The number of nitrogens with one attached hydrogen (secondary N) is 6. The van der Waals surface area contributed by atoms with Gasteiger partial charge in [-0.05, 0) is 226 Å². The Hall–Kier alpha value is -6.82. The van der Waals surface area contributed by atoms with Crippen LogP contribution in [0.4, 0.5) is 79.0 Å². The van der Waals surface area contributed by atoms with E-state index >= 15 is 0 Å². The number of hydrogen-bond acceptors (Lipinski definition) is 24. The van der Waals surface area contributed by atoms with Crippen molar-refractivity contribution >= 4 is 272 Å². The first kappa shape index (κ1) is 119. The van der Waals surface area contributed by atoms with Crippen LogP contribution in [0, 0.1) is 35.5 Å². The molecule has 144 heavy (non-hydrogen) atoms. The number of aromatic nitrogens is 12. The summed E-state index contributed by atoms with van der Waals surface area (Å²) in [6.45, 7) is 12.0. The topological polar surface area (TPSA) is 486 Å². The highest BCUT2D eigenvalue weighted by molar-refractivity contribution is 9.12. The normalized spacial score (nSPS) is 20.7. The van der Waals surface area contributed by atoms with Crippen LogP contribution in [0.15, 0.2) is 143 Å². The third-order valence-electron chi connectivity index (χ3n) is 19.6. The molecular weight excluding hydrogens is 2720 g/mol. The number of imidazole rings is 6. The fourth-order valence-electron chi connectivity index (χ4n) is 12.7. The maximum absolute atomic E-state index is 12.8. The number of rotatable bonds is 21. The molecule has 6 N–H and O–H groups in total. The summed E-state index contributed by atoms with van der Waals surface area (Å²) >= 11 is 47.0. The number of hydrogen-bond donors (Lipinski definition) is 9. The first-order chi connectivity index (χ1) is 67.3. The highest BCUT2D eigenvalue weighted by atomic mass is 79.9. The zero-order valence-corrected chi connectivity index (χ0v) is 92.4. The number of carbonyl (C=O) groups excluding carboxylic acids is 6. The van der Waals surface area contributed by atoms with Gasteiger partial charge in [-0.2, -0.15) is 79.0 Å². The molecule has 6 aromatic heterocycles. The molecule has 6 saturated carbocycles. The fraction of sp³-hybridized carbons (Fsp3) is 0.417. The van der Waals surface area contributed by atoms with Crippen LogP contribution >= 0.6 is 174 Å². The zero-order valence-electron chi connectivity index (χ0n) is 74.8. The van der Waals surface area contributed by atoms with Gasteiger partial charge in [0.25, 0.3) is 65.5 Å². The maximum atomic E-state index is 12.8. The number of alkyl halides is 18. The van der Waals surface area contributed by atoms with Crippen molar-refractivity contribution < 1.29 is 158 Å². The number of amides is 6. The molecule has 6 amide bonds. The quantitative estimate of drug-likeness (QED) is 0.0238. The molecule has 15 rings (SSSR count). The van der Waals surface area contributed by atoms with Gasteiger partial charge in [-0.25, -0.2) is 109 Å². The van der Waals surface area contributed by atoms with E-state index in [0.29, 0.717) is 0 Å². The number of nitrogens with zero attached hydrogens (tertiary/aromatic N) is 12. The summed E-state index contributed by atoms with van der Waals surface area (Å²) in [4.78, 5) is 93.3. The first-order valence-corrected chi connectivity index (χ1v) is 55.0. The molecule has 0 saturated heterocycles. The average Bonchev–Trinajstić information content (AvgIpc) is 1.61. The van der Waals surface area contributed by atoms with E-state index in [1.807, 2.05) is 51.0 Å². The van der Waals surface area contributed by atoms with Crippen molar-refractivity contribution in [3.63, 3.8) is 0 Å². The van der Waals surface area contributed by atoms with Crippen LogP contribution in [0.2, 0.25) is 20.9 Å². The van der Waals surface area contributed by atoms with Crippen LogP contribution in [0.25, 0.3) is 0 Å². The van der Waals surface area contributed by atoms with E-state index in [9.17, 15) is 158 Å². The molecular formula is C72H66Br8Cl4F18N18O18S6. The number of halogens is 30. The summed E-state index contributed by atoms with van der Waals surface area (Å²) in [5.74, 6) is -16.5. The zero-order chi connectivity index (χ0) is 112. The molecule has 3 aromatic carbocycles. The summed E-state index contributed by atoms with van der Waals surface area (Å²) in [5.41, 5.74) is -2.74. The van der Waals surface area contributed by atoms with Crippen LogP contribution in [0.1, 0.15) is 179 Å². The van der Waals surface area contributed by atoms with Crippen LogP contribution in [0.3, 0.4) is 0 Å². The summed E-state index contributed by atoms with van der Waals surface area (Å²) in [7, 11) is -26.2. The van der Waals surface area contributed by atoms with Crippen LogP contribution in [0.5, 0.6) is 0 Å². The van der Waals surface area contributed by atoms with Gasteiger partial charge < -0.3 is 27.4 Å². The minimum Gasteiger partial charge on any atom is -0.309 e. The monoisotopic (exact) mass is 2780 g/mol. The van der Waals surface area contributed by atoms with Gasteiger partial charge in [0.1, 0.15) is 28.7 Å². The Labute approximate surface area is 897 Å². The first-order valence-electron chi connectivity index (χ1n) is 40.7. The molecule has 12 atom stereocenters. The van der Waals surface area contributed by atoms with Crippen molar-refractivity contribution in [2.45, 2.75) is 168 Å². The Morgan fingerprint density at radius 1 is 0.306 bits per heavy atom. The standard InChI is InChI=1S/C14H10Br2F3N3O3S.2C14H10BrClF3N3O3S.C8H6Br2F3N3O3S.2C8H6BrClF3N3O3S.3C2H6/c15-11-10(12(23)21-26(24,25)7-4-2-1-3-5-7)20-13(16)22(11)9-6-8(9)14(17,18)19;15-13-20-10(11(16)22(13)9-6-8(9)14(17,18)19)12(23)21-26(24,25)7-4-2-1-3-5-7;15-11-10(12(23)21-26(24,25)7-4-2-1-3-5-7)20-13(16)22(11)9-6-8(9)14(17,18)19;9-5-4(6(17)15-20(18)19)14-7(10)16(5)3-1-2(3)8(11,12)13;9-7-14-4(6(17)15-20(18)19)5(10)16(7)3-1-2(3)8(11,12)13;9-5-4(6(17)15-20(18)19)14-7(10)16(5)3-1-2(3)8(11,12)13;3*1-2/h3*1-5,8-9H,6H2,(H,21,23);3*2-3,20H,1H2,(H,15,17,18,19);3*1-2H3/i;;;3*20D;;;. The van der Waals surface area contributed by atoms with Crippen LogP contribution in [-0.4, -0.2) is 184 Å². The van der Waals surface area contributed by atoms with Crippen LogP contribution < -0.4 is 28.3 Å². The predicted molar refractivity (Wildman–Crippen MR) is 505 cm³/mol. The van der Waals surface area contributed by atoms with E-state index in [-0.39, 0.29) is 112 Å². The minimum absolute atomic E-state index is 0.00313. The number of thiol groups is 3. The number of benzene rings is 3. The lowest BCUT2D eigenvalue weighted by atomic mass is 10.4. The molecule has 0 radical (unpaired) electrons. The van der Waals surface area contributed by atoms with Gasteiger partial charge >= 0.3 is 37.1 Å². The van der Waals surface area contributed by atoms with Crippen molar-refractivity contribution in [2.24, 2.45) is 35.5 Å². The minimum atomic E-state index is -4.58. The summed E-state index contributed by atoms with van der Waals surface area (Å²) in [6, 6.07) is 15.6. The molecule has 6 heterocycles. The van der Waals surface area contributed by atoms with Gasteiger partial charge in [0, 0.05) is 36.3 Å². The molecule has 6 aliphatic rings. The van der Waals surface area contributed by atoms with E-state index in [4.69, 9.17) is 49.8 Å². The second kappa shape index (κ2) is 49.5. The summed E-state index contributed by atoms with van der Waals surface area (Å²) in [6.07, 6.45) is -27.4. The smallest absolute Gasteiger partial charge is 0.309 e. The molecule has 12 unspecified atom stereocenters. The Morgan fingerprint density at radius 3 is 0.708 bits per heavy atom. The van der Waals surface area contributed by atoms with Crippen molar-refractivity contribution in [2.75, 3.05) is 0 Å². The van der Waals surface area contributed by atoms with E-state index in [1.165, 1.54) is 91.5 Å². The number of carbonyl (C=O) groups is 6. The van der Waals surface area contributed by atoms with Gasteiger partial charge in [0.05, 0.1) is 50.2 Å². The second-order valence-electron chi connectivity index (χ2n) is 28.8. The molecule has 6 fully saturated rings. The largest absolute Gasteiger partial charge is 0.393 e. The Balaban J connectivity index is 0.000000237. The van der Waals surface area contributed by atoms with E-state index in [2.05, 4.69) is 157 Å². The van der Waals surface area contributed by atoms with Gasteiger partial charge in [-0.15, -0.1) is 0 Å². The van der Waals surface area contributed by atoms with Crippen LogP contribution in [-0.2, 0) is 62.5 Å². The summed E-state index contributed by atoms with van der Waals surface area (Å²) < 4.78 is 400. The molecule has 0 aliphatic heterocycles. The third kappa shape index (κ3) is 31.5. The van der Waals surface area contributed by atoms with Gasteiger partial charge in [0.2, 0.25) is 42.9 Å². The Bertz CT molecular complexity index is 6510. The Morgan fingerprint density at radius 2 is 0.479 bits per heavy atom. The molecule has 0 spiro atoms. The van der Waals surface area contributed by atoms with Crippen molar-refractivity contribution in [3.05, 3.63) is 183 Å². The van der Waals surface area contributed by atoms with Gasteiger partial charge in [-0.1, -0.05) is 119 Å². The maximum Gasteiger partial charge on any atom is 0.393 e. The average molecular weight is 2790 g/mol. The second-order valence-corrected chi connectivity index (χ2v) is 43.1. The fourth-order valence-corrected chi connectivity index (χ4v) is 23.7. The predicted octanol–water partition coefficient (Wildman–Crippen LogP) is 19.0. The molecule has 36 nitrogen and oxygen atoms in total. The van der Waals surface area contributed by atoms with Crippen molar-refractivity contribution in [1.82, 2.24) is 85.6 Å². The van der Waals surface area contributed by atoms with Gasteiger partial charge in [0.15, 0.2) is 56.5 Å². The lowest BCUT2D eigenvalue weighted by molar-refractivity contribution is -0.151. The number of sulfonamides is 3. The van der Waals surface area contributed by atoms with E-state index in [0.717, 1.165) is 22.8 Å². The van der Waals surface area contributed by atoms with E-state index in [1.54, 1.807) is 22.9 Å². The molecule has 72 heteroatoms. The van der Waals surface area contributed by atoms with Gasteiger partial charge in [-0.3, -0.25) is 28.8 Å².